The molecule has 1 aromatic rings. The van der Waals surface area contributed by atoms with Gasteiger partial charge < -0.3 is 5.11 Å². The number of hydrogen-bond acceptors (Lipinski definition) is 1. The van der Waals surface area contributed by atoms with Crippen molar-refractivity contribution in [3.05, 3.63) is 34.9 Å². The van der Waals surface area contributed by atoms with Gasteiger partial charge in [0.05, 0.1) is 0 Å². The maximum atomic E-state index is 13.2. The van der Waals surface area contributed by atoms with Crippen LogP contribution in [-0.4, -0.2) is 23.1 Å². The zero-order chi connectivity index (χ0) is 15.1. The van der Waals surface area contributed by atoms with E-state index in [1.807, 2.05) is 0 Å². The van der Waals surface area contributed by atoms with Crippen molar-refractivity contribution >= 4 is 11.6 Å². The van der Waals surface area contributed by atoms with Crippen LogP contribution in [0.1, 0.15) is 11.7 Å². The molecule has 19 heavy (non-hydrogen) atoms. The van der Waals surface area contributed by atoms with Gasteiger partial charge in [-0.15, -0.1) is 0 Å². The average molecular weight is 311 g/mol. The molecule has 0 spiro atoms. The first kappa shape index (κ1) is 16.0. The third-order valence-corrected chi connectivity index (χ3v) is 2.66. The second-order valence-corrected chi connectivity index (χ2v) is 4.03. The minimum absolute atomic E-state index is 0.548. The number of rotatable bonds is 3. The fourth-order valence-electron chi connectivity index (χ4n) is 1.25. The molecule has 1 unspecified atom stereocenters. The van der Waals surface area contributed by atoms with Gasteiger partial charge in [-0.25, -0.2) is 0 Å². The smallest absolute Gasteiger partial charge is 0.382 e. The Morgan fingerprint density at radius 1 is 0.947 bits per heavy atom. The van der Waals surface area contributed by atoms with E-state index in [1.165, 1.54) is 6.07 Å². The van der Waals surface area contributed by atoms with E-state index in [4.69, 9.17) is 16.7 Å². The van der Waals surface area contributed by atoms with Crippen LogP contribution in [0.5, 0.6) is 0 Å². The van der Waals surface area contributed by atoms with Crippen LogP contribution in [0.15, 0.2) is 24.3 Å². The second-order valence-electron chi connectivity index (χ2n) is 3.62. The molecule has 0 heterocycles. The van der Waals surface area contributed by atoms with E-state index >= 15 is 0 Å². The predicted octanol–water partition coefficient (Wildman–Crippen LogP) is 4.21. The summed E-state index contributed by atoms with van der Waals surface area (Å²) in [5.74, 6) is -12.1. The summed E-state index contributed by atoms with van der Waals surface area (Å²) < 4.78 is 87.5. The molecule has 0 aliphatic heterocycles. The van der Waals surface area contributed by atoms with Crippen molar-refractivity contribution in [2.75, 3.05) is 0 Å². The van der Waals surface area contributed by atoms with Crippen LogP contribution in [0.2, 0.25) is 5.02 Å². The van der Waals surface area contributed by atoms with Gasteiger partial charge in [-0.05, 0) is 6.07 Å². The zero-order valence-electron chi connectivity index (χ0n) is 8.86. The first-order chi connectivity index (χ1) is 8.43. The molecule has 108 valence electrons. The van der Waals surface area contributed by atoms with Gasteiger partial charge in [0, 0.05) is 10.6 Å². The standard InChI is InChI=1S/C10H6ClF7O/c11-6-4-2-1-3-5(6)7(19)8(12,13)9(14,15)10(16,17)18/h1-4,7,19H. The Morgan fingerprint density at radius 3 is 1.84 bits per heavy atom. The maximum Gasteiger partial charge on any atom is 0.459 e. The molecule has 0 aromatic heterocycles. The lowest BCUT2D eigenvalue weighted by molar-refractivity contribution is -0.372. The number of hydrogen-bond donors (Lipinski definition) is 1. The molecule has 0 bridgehead atoms. The van der Waals surface area contributed by atoms with Crippen molar-refractivity contribution in [3.63, 3.8) is 0 Å². The van der Waals surface area contributed by atoms with Crippen LogP contribution in [-0.2, 0) is 0 Å². The first-order valence-corrected chi connectivity index (χ1v) is 5.05. The van der Waals surface area contributed by atoms with E-state index in [0.29, 0.717) is 0 Å². The fraction of sp³-hybridized carbons (Fsp3) is 0.400. The molecular formula is C10H6ClF7O. The Kier molecular flexibility index (Phi) is 4.07. The first-order valence-electron chi connectivity index (χ1n) is 4.67. The summed E-state index contributed by atoms with van der Waals surface area (Å²) in [6.45, 7) is 0. The molecule has 9 heteroatoms. The third kappa shape index (κ3) is 2.64. The lowest BCUT2D eigenvalue weighted by atomic mass is 9.98. The van der Waals surface area contributed by atoms with Gasteiger partial charge in [0.2, 0.25) is 0 Å². The highest BCUT2D eigenvalue weighted by Crippen LogP contribution is 2.52. The van der Waals surface area contributed by atoms with Crippen LogP contribution >= 0.6 is 11.6 Å². The molecule has 0 radical (unpaired) electrons. The molecule has 1 N–H and O–H groups in total. The second kappa shape index (κ2) is 4.82. The van der Waals surface area contributed by atoms with Crippen molar-refractivity contribution in [3.8, 4) is 0 Å². The number of benzene rings is 1. The summed E-state index contributed by atoms with van der Waals surface area (Å²) in [5.41, 5.74) is -0.918. The van der Waals surface area contributed by atoms with Crippen molar-refractivity contribution in [2.24, 2.45) is 0 Å². The van der Waals surface area contributed by atoms with Gasteiger partial charge in [-0.2, -0.15) is 30.7 Å². The summed E-state index contributed by atoms with van der Waals surface area (Å²) in [6.07, 6.45) is -9.89. The maximum absolute atomic E-state index is 13.2. The molecule has 0 aliphatic carbocycles. The highest BCUT2D eigenvalue weighted by atomic mass is 35.5. The van der Waals surface area contributed by atoms with Crippen LogP contribution < -0.4 is 0 Å². The quantitative estimate of drug-likeness (QED) is 0.829. The Labute approximate surface area is 107 Å². The minimum atomic E-state index is -6.50. The largest absolute Gasteiger partial charge is 0.459 e. The van der Waals surface area contributed by atoms with E-state index < -0.39 is 34.7 Å². The highest BCUT2D eigenvalue weighted by Gasteiger charge is 2.75. The zero-order valence-corrected chi connectivity index (χ0v) is 9.61. The molecule has 1 nitrogen and oxygen atoms in total. The Bertz CT molecular complexity index is 457. The fourth-order valence-corrected chi connectivity index (χ4v) is 1.49. The Morgan fingerprint density at radius 2 is 1.42 bits per heavy atom. The van der Waals surface area contributed by atoms with Crippen LogP contribution in [0, 0.1) is 0 Å². The summed E-state index contributed by atoms with van der Waals surface area (Å²) in [6, 6.07) is 4.00. The number of halogens is 8. The van der Waals surface area contributed by atoms with Crippen molar-refractivity contribution in [1.29, 1.82) is 0 Å². The molecule has 0 saturated heterocycles. The summed E-state index contributed by atoms with van der Waals surface area (Å²) in [7, 11) is 0. The Balaban J connectivity index is 3.24. The molecule has 1 rings (SSSR count). The van der Waals surface area contributed by atoms with Gasteiger partial charge in [0.1, 0.15) is 0 Å². The van der Waals surface area contributed by atoms with E-state index in [0.717, 1.165) is 18.2 Å². The van der Waals surface area contributed by atoms with Crippen LogP contribution in [0.25, 0.3) is 0 Å². The summed E-state index contributed by atoms with van der Waals surface area (Å²) in [4.78, 5) is 0. The molecule has 1 atom stereocenters. The normalized spacial score (nSPS) is 15.4. The molecule has 0 saturated carbocycles. The lowest BCUT2D eigenvalue weighted by Gasteiger charge is -2.31. The van der Waals surface area contributed by atoms with Gasteiger partial charge >= 0.3 is 18.0 Å². The van der Waals surface area contributed by atoms with E-state index in [2.05, 4.69) is 0 Å². The number of aliphatic hydroxyl groups excluding tert-OH is 1. The van der Waals surface area contributed by atoms with E-state index in [9.17, 15) is 30.7 Å². The molecule has 0 aliphatic rings. The molecular weight excluding hydrogens is 305 g/mol. The lowest BCUT2D eigenvalue weighted by Crippen LogP contribution is -2.54. The topological polar surface area (TPSA) is 20.2 Å². The van der Waals surface area contributed by atoms with Gasteiger partial charge in [-0.1, -0.05) is 29.8 Å². The van der Waals surface area contributed by atoms with Gasteiger partial charge in [-0.3, -0.25) is 0 Å². The predicted molar refractivity (Wildman–Crippen MR) is 52.4 cm³/mol. The summed E-state index contributed by atoms with van der Waals surface area (Å²) in [5, 5.41) is 8.57. The van der Waals surface area contributed by atoms with E-state index in [1.54, 1.807) is 0 Å². The van der Waals surface area contributed by atoms with Gasteiger partial charge in [0.15, 0.2) is 6.10 Å². The van der Waals surface area contributed by atoms with Crippen molar-refractivity contribution in [1.82, 2.24) is 0 Å². The summed E-state index contributed by atoms with van der Waals surface area (Å²) >= 11 is 5.37. The van der Waals surface area contributed by atoms with Crippen LogP contribution in [0.3, 0.4) is 0 Å². The van der Waals surface area contributed by atoms with E-state index in [-0.39, 0.29) is 0 Å². The highest BCUT2D eigenvalue weighted by molar-refractivity contribution is 6.31. The van der Waals surface area contributed by atoms with Gasteiger partial charge in [0.25, 0.3) is 0 Å². The number of alkyl halides is 7. The number of aliphatic hydroxyl groups is 1. The van der Waals surface area contributed by atoms with Crippen molar-refractivity contribution in [2.45, 2.75) is 24.1 Å². The average Bonchev–Trinajstić information content (AvgIpc) is 2.27. The monoisotopic (exact) mass is 310 g/mol. The molecule has 1 aromatic carbocycles. The minimum Gasteiger partial charge on any atom is -0.382 e. The third-order valence-electron chi connectivity index (χ3n) is 2.32. The molecule has 0 amide bonds. The molecule has 0 fully saturated rings. The van der Waals surface area contributed by atoms with Crippen molar-refractivity contribution < 1.29 is 35.8 Å². The SMILES string of the molecule is OC(c1ccccc1Cl)C(F)(F)C(F)(F)C(F)(F)F. The van der Waals surface area contributed by atoms with Crippen LogP contribution in [0.4, 0.5) is 30.7 Å². The Hall–Kier alpha value is -1.02.